The van der Waals surface area contributed by atoms with Gasteiger partial charge < -0.3 is 16.0 Å². The highest BCUT2D eigenvalue weighted by molar-refractivity contribution is 7.18. The first-order valence-corrected chi connectivity index (χ1v) is 8.66. The van der Waals surface area contributed by atoms with E-state index in [1.165, 1.54) is 37.0 Å². The van der Waals surface area contributed by atoms with Gasteiger partial charge in [0.15, 0.2) is 5.13 Å². The van der Waals surface area contributed by atoms with E-state index in [0.717, 1.165) is 24.8 Å². The van der Waals surface area contributed by atoms with Crippen LogP contribution < -0.4 is 16.0 Å². The van der Waals surface area contributed by atoms with E-state index < -0.39 is 0 Å². The highest BCUT2D eigenvalue weighted by atomic mass is 32.1. The van der Waals surface area contributed by atoms with Crippen LogP contribution in [0.25, 0.3) is 0 Å². The van der Waals surface area contributed by atoms with Gasteiger partial charge in [-0.25, -0.2) is 4.98 Å². The van der Waals surface area contributed by atoms with Crippen LogP contribution in [0.2, 0.25) is 0 Å². The van der Waals surface area contributed by atoms with Gasteiger partial charge in [-0.1, -0.05) is 24.7 Å². The van der Waals surface area contributed by atoms with Gasteiger partial charge in [0.1, 0.15) is 10.7 Å². The molecule has 0 unspecified atom stereocenters. The number of hydrogen-bond donors (Lipinski definition) is 2. The number of thiazole rings is 1. The summed E-state index contributed by atoms with van der Waals surface area (Å²) in [6.45, 7) is 8.83. The van der Waals surface area contributed by atoms with Gasteiger partial charge in [0.05, 0.1) is 0 Å². The Morgan fingerprint density at radius 1 is 1.38 bits per heavy atom. The summed E-state index contributed by atoms with van der Waals surface area (Å²) in [5.74, 6) is 0.269. The topological polar surface area (TPSA) is 71.2 Å². The molecule has 1 aliphatic carbocycles. The van der Waals surface area contributed by atoms with Crippen molar-refractivity contribution in [3.63, 3.8) is 0 Å². The Kier molecular flexibility index (Phi) is 5.08. The minimum Gasteiger partial charge on any atom is -0.382 e. The van der Waals surface area contributed by atoms with Gasteiger partial charge >= 0.3 is 0 Å². The second kappa shape index (κ2) is 6.64. The van der Waals surface area contributed by atoms with Gasteiger partial charge in [0.25, 0.3) is 5.91 Å². The maximum absolute atomic E-state index is 12.3. The molecule has 5 nitrogen and oxygen atoms in total. The molecule has 2 rings (SSSR count). The van der Waals surface area contributed by atoms with Crippen LogP contribution in [0, 0.1) is 5.41 Å². The summed E-state index contributed by atoms with van der Waals surface area (Å²) < 4.78 is 0. The van der Waals surface area contributed by atoms with Crippen molar-refractivity contribution >= 4 is 28.2 Å². The van der Waals surface area contributed by atoms with Gasteiger partial charge in [-0.05, 0) is 38.5 Å². The standard InChI is InChI=1S/C15H26N4OS/c1-4-7-15(8-9-15)10-17-13(20)11-12(16)18-14(21-11)19(5-2)6-3/h4-10,16H2,1-3H3,(H,17,20). The molecule has 1 aromatic rings. The van der Waals surface area contributed by atoms with Crippen molar-refractivity contribution in [2.24, 2.45) is 5.41 Å². The van der Waals surface area contributed by atoms with Gasteiger partial charge in [0, 0.05) is 19.6 Å². The molecule has 21 heavy (non-hydrogen) atoms. The molecule has 1 aromatic heterocycles. The molecule has 0 aromatic carbocycles. The summed E-state index contributed by atoms with van der Waals surface area (Å²) in [7, 11) is 0. The van der Waals surface area contributed by atoms with E-state index in [2.05, 4.69) is 36.0 Å². The van der Waals surface area contributed by atoms with Crippen LogP contribution >= 0.6 is 11.3 Å². The molecule has 0 spiro atoms. The molecule has 1 aliphatic rings. The minimum absolute atomic E-state index is 0.0780. The van der Waals surface area contributed by atoms with Crippen LogP contribution in [0.5, 0.6) is 0 Å². The summed E-state index contributed by atoms with van der Waals surface area (Å²) in [4.78, 5) is 19.3. The third kappa shape index (κ3) is 3.67. The van der Waals surface area contributed by atoms with Crippen molar-refractivity contribution in [3.05, 3.63) is 4.88 Å². The molecule has 0 atom stereocenters. The van der Waals surface area contributed by atoms with E-state index in [9.17, 15) is 4.79 Å². The number of amides is 1. The third-order valence-corrected chi connectivity index (χ3v) is 5.37. The zero-order valence-corrected chi connectivity index (χ0v) is 14.1. The molecule has 0 bridgehead atoms. The molecule has 1 saturated carbocycles. The van der Waals surface area contributed by atoms with Gasteiger partial charge in [-0.15, -0.1) is 0 Å². The van der Waals surface area contributed by atoms with E-state index in [1.807, 2.05) is 0 Å². The molecule has 0 aliphatic heterocycles. The van der Waals surface area contributed by atoms with Crippen molar-refractivity contribution in [2.45, 2.75) is 46.5 Å². The fraction of sp³-hybridized carbons (Fsp3) is 0.733. The van der Waals surface area contributed by atoms with E-state index in [1.54, 1.807) is 0 Å². The average Bonchev–Trinajstić information content (AvgIpc) is 3.13. The maximum Gasteiger partial charge on any atom is 0.265 e. The van der Waals surface area contributed by atoms with Crippen LogP contribution in [0.4, 0.5) is 10.9 Å². The Balaban J connectivity index is 1.99. The Morgan fingerprint density at radius 3 is 2.57 bits per heavy atom. The lowest BCUT2D eigenvalue weighted by molar-refractivity contribution is 0.0948. The van der Waals surface area contributed by atoms with Crippen molar-refractivity contribution in [3.8, 4) is 0 Å². The first kappa shape index (κ1) is 16.1. The zero-order valence-electron chi connectivity index (χ0n) is 13.2. The number of carbonyl (C=O) groups is 1. The van der Waals surface area contributed by atoms with Crippen molar-refractivity contribution in [2.75, 3.05) is 30.3 Å². The monoisotopic (exact) mass is 310 g/mol. The summed E-state index contributed by atoms with van der Waals surface area (Å²) in [5, 5.41) is 3.88. The Hall–Kier alpha value is -1.30. The highest BCUT2D eigenvalue weighted by Gasteiger charge is 2.41. The second-order valence-electron chi connectivity index (χ2n) is 5.82. The molecular weight excluding hydrogens is 284 g/mol. The largest absolute Gasteiger partial charge is 0.382 e. The number of nitrogens with zero attached hydrogens (tertiary/aromatic N) is 2. The van der Waals surface area contributed by atoms with Crippen LogP contribution in [0.15, 0.2) is 0 Å². The number of rotatable bonds is 8. The summed E-state index contributed by atoms with van der Waals surface area (Å²) >= 11 is 1.39. The lowest BCUT2D eigenvalue weighted by Gasteiger charge is -2.16. The fourth-order valence-electron chi connectivity index (χ4n) is 2.68. The average molecular weight is 310 g/mol. The Morgan fingerprint density at radius 2 is 2.05 bits per heavy atom. The van der Waals surface area contributed by atoms with Crippen molar-refractivity contribution in [1.29, 1.82) is 0 Å². The zero-order chi connectivity index (χ0) is 15.5. The molecule has 1 amide bonds. The summed E-state index contributed by atoms with van der Waals surface area (Å²) in [6, 6.07) is 0. The van der Waals surface area contributed by atoms with Crippen LogP contribution in [-0.2, 0) is 0 Å². The predicted molar refractivity (Wildman–Crippen MR) is 89.0 cm³/mol. The van der Waals surface area contributed by atoms with Gasteiger partial charge in [-0.3, -0.25) is 4.79 Å². The van der Waals surface area contributed by atoms with Crippen LogP contribution in [0.3, 0.4) is 0 Å². The van der Waals surface area contributed by atoms with E-state index in [0.29, 0.717) is 16.1 Å². The van der Waals surface area contributed by atoms with Gasteiger partial charge in [-0.2, -0.15) is 0 Å². The molecule has 1 fully saturated rings. The number of nitrogens with one attached hydrogen (secondary N) is 1. The molecule has 118 valence electrons. The lowest BCUT2D eigenvalue weighted by atomic mass is 10.0. The predicted octanol–water partition coefficient (Wildman–Crippen LogP) is 2.88. The fourth-order valence-corrected chi connectivity index (χ4v) is 3.71. The third-order valence-electron chi connectivity index (χ3n) is 4.24. The lowest BCUT2D eigenvalue weighted by Crippen LogP contribution is -2.30. The number of nitrogens with two attached hydrogens (primary N) is 1. The quantitative estimate of drug-likeness (QED) is 0.774. The highest BCUT2D eigenvalue weighted by Crippen LogP contribution is 2.49. The molecular formula is C15H26N4OS. The molecule has 0 saturated heterocycles. The van der Waals surface area contributed by atoms with Crippen molar-refractivity contribution < 1.29 is 4.79 Å². The number of carbonyl (C=O) groups excluding carboxylic acids is 1. The van der Waals surface area contributed by atoms with E-state index in [4.69, 9.17) is 5.73 Å². The number of anilines is 2. The van der Waals surface area contributed by atoms with Crippen molar-refractivity contribution in [1.82, 2.24) is 10.3 Å². The Bertz CT molecular complexity index is 492. The van der Waals surface area contributed by atoms with Crippen LogP contribution in [-0.4, -0.2) is 30.5 Å². The summed E-state index contributed by atoms with van der Waals surface area (Å²) in [5.41, 5.74) is 6.27. The Labute approximate surface area is 130 Å². The number of aromatic nitrogens is 1. The SMILES string of the molecule is CCCC1(CNC(=O)c2sc(N(CC)CC)nc2N)CC1. The van der Waals surface area contributed by atoms with Crippen LogP contribution in [0.1, 0.15) is 56.1 Å². The normalized spacial score (nSPS) is 15.8. The minimum atomic E-state index is -0.0780. The number of nitrogen functional groups attached to an aromatic ring is 1. The van der Waals surface area contributed by atoms with E-state index >= 15 is 0 Å². The molecule has 1 heterocycles. The maximum atomic E-state index is 12.3. The summed E-state index contributed by atoms with van der Waals surface area (Å²) in [6.07, 6.45) is 4.81. The smallest absolute Gasteiger partial charge is 0.265 e. The number of hydrogen-bond acceptors (Lipinski definition) is 5. The van der Waals surface area contributed by atoms with E-state index in [-0.39, 0.29) is 5.91 Å². The van der Waals surface area contributed by atoms with Gasteiger partial charge in [0.2, 0.25) is 0 Å². The molecule has 3 N–H and O–H groups in total. The molecule has 0 radical (unpaired) electrons. The first-order chi connectivity index (χ1) is 10.0. The first-order valence-electron chi connectivity index (χ1n) is 7.84. The second-order valence-corrected chi connectivity index (χ2v) is 6.79. The molecule has 6 heteroatoms.